The molecule has 1 fully saturated rings. The number of pyridine rings is 1. The SMILES string of the molecule is Cc1ccc(O)c(NC(=O)CC2CCCOC2)n1. The van der Waals surface area contributed by atoms with E-state index in [-0.39, 0.29) is 23.4 Å². The van der Waals surface area contributed by atoms with Crippen LogP contribution in [0.3, 0.4) is 0 Å². The topological polar surface area (TPSA) is 71.5 Å². The standard InChI is InChI=1S/C13H18N2O3/c1-9-4-5-11(16)13(14-9)15-12(17)7-10-3-2-6-18-8-10/h4-5,10,16H,2-3,6-8H2,1H3,(H,14,15,17). The summed E-state index contributed by atoms with van der Waals surface area (Å²) in [5.74, 6) is 0.371. The molecule has 0 aliphatic carbocycles. The van der Waals surface area contributed by atoms with Crippen LogP contribution in [0.15, 0.2) is 12.1 Å². The van der Waals surface area contributed by atoms with Crippen molar-refractivity contribution in [1.29, 1.82) is 0 Å². The fourth-order valence-corrected chi connectivity index (χ4v) is 2.06. The maximum atomic E-state index is 11.8. The van der Waals surface area contributed by atoms with Gasteiger partial charge in [-0.2, -0.15) is 0 Å². The van der Waals surface area contributed by atoms with E-state index in [1.54, 1.807) is 6.07 Å². The fourth-order valence-electron chi connectivity index (χ4n) is 2.06. The number of aryl methyl sites for hydroxylation is 1. The Morgan fingerprint density at radius 3 is 3.17 bits per heavy atom. The van der Waals surface area contributed by atoms with Crippen LogP contribution in [0.2, 0.25) is 0 Å². The molecule has 2 N–H and O–H groups in total. The minimum atomic E-state index is -0.126. The molecule has 5 heteroatoms. The summed E-state index contributed by atoms with van der Waals surface area (Å²) in [5, 5.41) is 12.2. The first-order valence-electron chi connectivity index (χ1n) is 6.19. The monoisotopic (exact) mass is 250 g/mol. The number of rotatable bonds is 3. The van der Waals surface area contributed by atoms with E-state index in [0.717, 1.165) is 25.1 Å². The molecule has 5 nitrogen and oxygen atoms in total. The summed E-state index contributed by atoms with van der Waals surface area (Å²) in [5.41, 5.74) is 0.754. The second kappa shape index (κ2) is 5.82. The first-order valence-corrected chi connectivity index (χ1v) is 6.19. The average Bonchev–Trinajstić information content (AvgIpc) is 2.35. The molecule has 1 aliphatic rings. The van der Waals surface area contributed by atoms with Gasteiger partial charge in [0.1, 0.15) is 0 Å². The van der Waals surface area contributed by atoms with Crippen LogP contribution in [0.1, 0.15) is 25.0 Å². The Balaban J connectivity index is 1.92. The number of carbonyl (C=O) groups is 1. The van der Waals surface area contributed by atoms with Crippen LogP contribution in [0.25, 0.3) is 0 Å². The molecule has 98 valence electrons. The smallest absolute Gasteiger partial charge is 0.225 e. The van der Waals surface area contributed by atoms with Gasteiger partial charge in [0.05, 0.1) is 0 Å². The molecule has 1 amide bonds. The Morgan fingerprint density at radius 1 is 1.61 bits per heavy atom. The lowest BCUT2D eigenvalue weighted by Crippen LogP contribution is -2.23. The molecule has 2 rings (SSSR count). The molecule has 0 aromatic carbocycles. The van der Waals surface area contributed by atoms with Gasteiger partial charge in [-0.05, 0) is 37.8 Å². The van der Waals surface area contributed by atoms with Crippen molar-refractivity contribution in [3.63, 3.8) is 0 Å². The quantitative estimate of drug-likeness (QED) is 0.858. The minimum absolute atomic E-state index is 0.00570. The Morgan fingerprint density at radius 2 is 2.44 bits per heavy atom. The van der Waals surface area contributed by atoms with E-state index in [1.807, 2.05) is 6.92 Å². The number of aromatic hydroxyl groups is 1. The lowest BCUT2D eigenvalue weighted by molar-refractivity contribution is -0.118. The number of aromatic nitrogens is 1. The van der Waals surface area contributed by atoms with E-state index in [2.05, 4.69) is 10.3 Å². The fraction of sp³-hybridized carbons (Fsp3) is 0.538. The third-order valence-electron chi connectivity index (χ3n) is 3.00. The zero-order valence-electron chi connectivity index (χ0n) is 10.5. The number of ether oxygens (including phenoxy) is 1. The summed E-state index contributed by atoms with van der Waals surface area (Å²) in [6.07, 6.45) is 2.43. The Hall–Kier alpha value is -1.62. The Bertz CT molecular complexity index is 428. The van der Waals surface area contributed by atoms with Crippen molar-refractivity contribution in [2.45, 2.75) is 26.2 Å². The zero-order chi connectivity index (χ0) is 13.0. The maximum Gasteiger partial charge on any atom is 0.225 e. The van der Waals surface area contributed by atoms with Gasteiger partial charge in [0.25, 0.3) is 0 Å². The average molecular weight is 250 g/mol. The lowest BCUT2D eigenvalue weighted by atomic mass is 9.98. The molecule has 1 aromatic rings. The molecule has 1 atom stereocenters. The molecule has 1 unspecified atom stereocenters. The molecule has 18 heavy (non-hydrogen) atoms. The molecule has 0 radical (unpaired) electrons. The van der Waals surface area contributed by atoms with Crippen LogP contribution in [-0.2, 0) is 9.53 Å². The summed E-state index contributed by atoms with van der Waals surface area (Å²) in [6.45, 7) is 3.24. The number of nitrogens with one attached hydrogen (secondary N) is 1. The summed E-state index contributed by atoms with van der Waals surface area (Å²) >= 11 is 0. The van der Waals surface area contributed by atoms with Gasteiger partial charge in [-0.3, -0.25) is 4.79 Å². The molecular formula is C13H18N2O3. The van der Waals surface area contributed by atoms with Gasteiger partial charge < -0.3 is 15.2 Å². The summed E-state index contributed by atoms with van der Waals surface area (Å²) in [6, 6.07) is 3.22. The molecule has 2 heterocycles. The molecule has 1 saturated heterocycles. The highest BCUT2D eigenvalue weighted by Gasteiger charge is 2.18. The highest BCUT2D eigenvalue weighted by atomic mass is 16.5. The molecule has 0 spiro atoms. The van der Waals surface area contributed by atoms with E-state index >= 15 is 0 Å². The van der Waals surface area contributed by atoms with Crippen molar-refractivity contribution in [2.24, 2.45) is 5.92 Å². The number of hydrogen-bond acceptors (Lipinski definition) is 4. The van der Waals surface area contributed by atoms with E-state index < -0.39 is 0 Å². The number of amides is 1. The van der Waals surface area contributed by atoms with Gasteiger partial charge >= 0.3 is 0 Å². The second-order valence-electron chi connectivity index (χ2n) is 4.66. The number of carbonyl (C=O) groups excluding carboxylic acids is 1. The van der Waals surface area contributed by atoms with Gasteiger partial charge in [0.2, 0.25) is 5.91 Å². The van der Waals surface area contributed by atoms with Crippen LogP contribution in [0.4, 0.5) is 5.82 Å². The second-order valence-corrected chi connectivity index (χ2v) is 4.66. The van der Waals surface area contributed by atoms with Crippen molar-refractivity contribution in [3.05, 3.63) is 17.8 Å². The van der Waals surface area contributed by atoms with E-state index in [1.165, 1.54) is 6.07 Å². The van der Waals surface area contributed by atoms with Crippen LogP contribution in [-0.4, -0.2) is 29.2 Å². The summed E-state index contributed by atoms with van der Waals surface area (Å²) in [7, 11) is 0. The van der Waals surface area contributed by atoms with Crippen LogP contribution < -0.4 is 5.32 Å². The number of nitrogens with zero attached hydrogens (tertiary/aromatic N) is 1. The molecule has 1 aromatic heterocycles. The highest BCUT2D eigenvalue weighted by Crippen LogP contribution is 2.22. The van der Waals surface area contributed by atoms with Gasteiger partial charge in [0, 0.05) is 25.3 Å². The summed E-state index contributed by atoms with van der Waals surface area (Å²) < 4.78 is 5.33. The van der Waals surface area contributed by atoms with E-state index in [0.29, 0.717) is 13.0 Å². The molecular weight excluding hydrogens is 232 g/mol. The molecule has 0 bridgehead atoms. The van der Waals surface area contributed by atoms with Crippen molar-refractivity contribution in [2.75, 3.05) is 18.5 Å². The van der Waals surface area contributed by atoms with E-state index in [4.69, 9.17) is 4.74 Å². The largest absolute Gasteiger partial charge is 0.504 e. The van der Waals surface area contributed by atoms with Gasteiger partial charge in [0.15, 0.2) is 11.6 Å². The zero-order valence-corrected chi connectivity index (χ0v) is 10.5. The number of hydrogen-bond donors (Lipinski definition) is 2. The van der Waals surface area contributed by atoms with Gasteiger partial charge in [-0.1, -0.05) is 0 Å². The van der Waals surface area contributed by atoms with Crippen molar-refractivity contribution in [1.82, 2.24) is 4.98 Å². The van der Waals surface area contributed by atoms with Gasteiger partial charge in [-0.25, -0.2) is 4.98 Å². The summed E-state index contributed by atoms with van der Waals surface area (Å²) in [4.78, 5) is 15.9. The van der Waals surface area contributed by atoms with Crippen LogP contribution in [0, 0.1) is 12.8 Å². The van der Waals surface area contributed by atoms with Crippen molar-refractivity contribution >= 4 is 11.7 Å². The van der Waals surface area contributed by atoms with Gasteiger partial charge in [-0.15, -0.1) is 0 Å². The first-order chi connectivity index (χ1) is 8.65. The Labute approximate surface area is 106 Å². The maximum absolute atomic E-state index is 11.8. The minimum Gasteiger partial charge on any atom is -0.504 e. The Kier molecular flexibility index (Phi) is 4.15. The predicted octanol–water partition coefficient (Wildman–Crippen LogP) is 1.85. The lowest BCUT2D eigenvalue weighted by Gasteiger charge is -2.21. The van der Waals surface area contributed by atoms with E-state index in [9.17, 15) is 9.90 Å². The third-order valence-corrected chi connectivity index (χ3v) is 3.00. The first kappa shape index (κ1) is 12.8. The van der Waals surface area contributed by atoms with Crippen molar-refractivity contribution < 1.29 is 14.6 Å². The highest BCUT2D eigenvalue weighted by molar-refractivity contribution is 5.91. The van der Waals surface area contributed by atoms with Crippen LogP contribution in [0.5, 0.6) is 5.75 Å². The molecule has 1 aliphatic heterocycles. The van der Waals surface area contributed by atoms with Crippen molar-refractivity contribution in [3.8, 4) is 5.75 Å². The molecule has 0 saturated carbocycles. The third kappa shape index (κ3) is 3.43. The normalized spacial score (nSPS) is 19.5. The predicted molar refractivity (Wildman–Crippen MR) is 67.4 cm³/mol. The number of anilines is 1. The van der Waals surface area contributed by atoms with Crippen LogP contribution >= 0.6 is 0 Å².